The number of hydrogen-bond acceptors (Lipinski definition) is 3. The molecule has 2 amide bonds. The molecule has 1 saturated heterocycles. The maximum absolute atomic E-state index is 12.7. The van der Waals surface area contributed by atoms with Crippen molar-refractivity contribution in [3.05, 3.63) is 24.3 Å². The van der Waals surface area contributed by atoms with Gasteiger partial charge in [0.05, 0.1) is 23.9 Å². The SMILES string of the molecule is CC1N(C(=O)Nc2ccccc2OC(C)(C)C)CCOC1(C)C. The van der Waals surface area contributed by atoms with Gasteiger partial charge >= 0.3 is 6.03 Å². The molecule has 1 aliphatic heterocycles. The number of carbonyl (C=O) groups excluding carboxylic acids is 1. The second-order valence-electron chi connectivity index (χ2n) is 7.46. The molecule has 0 radical (unpaired) electrons. The van der Waals surface area contributed by atoms with E-state index in [2.05, 4.69) is 5.32 Å². The van der Waals surface area contributed by atoms with Gasteiger partial charge in [0.15, 0.2) is 0 Å². The summed E-state index contributed by atoms with van der Waals surface area (Å²) in [4.78, 5) is 14.5. The van der Waals surface area contributed by atoms with Gasteiger partial charge in [0.25, 0.3) is 0 Å². The Kier molecular flexibility index (Phi) is 4.90. The number of nitrogens with one attached hydrogen (secondary N) is 1. The molecule has 1 fully saturated rings. The lowest BCUT2D eigenvalue weighted by molar-refractivity contribution is -0.105. The van der Waals surface area contributed by atoms with Crippen LogP contribution in [-0.4, -0.2) is 41.3 Å². The summed E-state index contributed by atoms with van der Waals surface area (Å²) in [5.74, 6) is 0.675. The predicted molar refractivity (Wildman–Crippen MR) is 92.0 cm³/mol. The van der Waals surface area contributed by atoms with E-state index in [1.54, 1.807) is 0 Å². The van der Waals surface area contributed by atoms with Crippen LogP contribution in [0.1, 0.15) is 41.5 Å². The van der Waals surface area contributed by atoms with Gasteiger partial charge in [-0.2, -0.15) is 0 Å². The van der Waals surface area contributed by atoms with Crippen LogP contribution in [0, 0.1) is 0 Å². The predicted octanol–water partition coefficient (Wildman–Crippen LogP) is 3.90. The van der Waals surface area contributed by atoms with E-state index in [-0.39, 0.29) is 23.3 Å². The first-order chi connectivity index (χ1) is 10.6. The molecule has 1 aliphatic rings. The quantitative estimate of drug-likeness (QED) is 0.899. The summed E-state index contributed by atoms with van der Waals surface area (Å²) in [5, 5.41) is 2.98. The number of ether oxygens (including phenoxy) is 2. The van der Waals surface area contributed by atoms with E-state index < -0.39 is 0 Å². The summed E-state index contributed by atoms with van der Waals surface area (Å²) in [6.45, 7) is 13.1. The lowest BCUT2D eigenvalue weighted by atomic mass is 9.97. The highest BCUT2D eigenvalue weighted by Crippen LogP contribution is 2.29. The van der Waals surface area contributed by atoms with Crippen LogP contribution in [0.4, 0.5) is 10.5 Å². The van der Waals surface area contributed by atoms with Gasteiger partial charge in [0, 0.05) is 6.54 Å². The summed E-state index contributed by atoms with van der Waals surface area (Å²) in [6.07, 6.45) is 0. The monoisotopic (exact) mass is 320 g/mol. The zero-order valence-corrected chi connectivity index (χ0v) is 15.0. The highest BCUT2D eigenvalue weighted by Gasteiger charge is 2.38. The Hall–Kier alpha value is -1.75. The van der Waals surface area contributed by atoms with Gasteiger partial charge in [0.2, 0.25) is 0 Å². The Morgan fingerprint density at radius 1 is 1.35 bits per heavy atom. The van der Waals surface area contributed by atoms with Gasteiger partial charge in [-0.1, -0.05) is 12.1 Å². The first-order valence-electron chi connectivity index (χ1n) is 8.10. The van der Waals surface area contributed by atoms with Crippen molar-refractivity contribution in [2.45, 2.75) is 58.8 Å². The van der Waals surface area contributed by atoms with Gasteiger partial charge in [-0.05, 0) is 53.7 Å². The van der Waals surface area contributed by atoms with E-state index in [0.29, 0.717) is 24.6 Å². The Morgan fingerprint density at radius 3 is 2.65 bits per heavy atom. The maximum atomic E-state index is 12.7. The fourth-order valence-electron chi connectivity index (χ4n) is 2.55. The van der Waals surface area contributed by atoms with Gasteiger partial charge in [-0.25, -0.2) is 4.79 Å². The third-order valence-corrected chi connectivity index (χ3v) is 4.09. The molecule has 1 atom stereocenters. The number of amides is 2. The van der Waals surface area contributed by atoms with E-state index in [1.807, 2.05) is 70.7 Å². The molecule has 1 aromatic rings. The van der Waals surface area contributed by atoms with Gasteiger partial charge in [0.1, 0.15) is 11.4 Å². The molecule has 1 N–H and O–H groups in total. The molecule has 5 nitrogen and oxygen atoms in total. The molecule has 23 heavy (non-hydrogen) atoms. The zero-order valence-electron chi connectivity index (χ0n) is 15.0. The number of hydrogen-bond donors (Lipinski definition) is 1. The zero-order chi connectivity index (χ0) is 17.3. The lowest BCUT2D eigenvalue weighted by Crippen LogP contribution is -2.58. The summed E-state index contributed by atoms with van der Waals surface area (Å²) in [7, 11) is 0. The van der Waals surface area contributed by atoms with E-state index in [1.165, 1.54) is 0 Å². The van der Waals surface area contributed by atoms with Crippen LogP contribution >= 0.6 is 0 Å². The third kappa shape index (κ3) is 4.38. The van der Waals surface area contributed by atoms with Crippen molar-refractivity contribution in [3.63, 3.8) is 0 Å². The summed E-state index contributed by atoms with van der Waals surface area (Å²) >= 11 is 0. The normalized spacial score (nSPS) is 21.0. The number of morpholine rings is 1. The highest BCUT2D eigenvalue weighted by molar-refractivity contribution is 5.91. The number of benzene rings is 1. The van der Waals surface area contributed by atoms with Crippen molar-refractivity contribution in [2.24, 2.45) is 0 Å². The molecule has 0 spiro atoms. The Labute approximate surface area is 139 Å². The van der Waals surface area contributed by atoms with E-state index in [9.17, 15) is 4.79 Å². The van der Waals surface area contributed by atoms with Crippen LogP contribution in [0.5, 0.6) is 5.75 Å². The number of rotatable bonds is 2. The molecule has 2 rings (SSSR count). The second-order valence-corrected chi connectivity index (χ2v) is 7.46. The summed E-state index contributed by atoms with van der Waals surface area (Å²) < 4.78 is 11.7. The average molecular weight is 320 g/mol. The standard InChI is InChI=1S/C18H28N2O3/c1-13-18(5,6)22-12-11-20(13)16(21)19-14-9-7-8-10-15(14)23-17(2,3)4/h7-10,13H,11-12H2,1-6H3,(H,19,21). The van der Waals surface area contributed by atoms with Gasteiger partial charge < -0.3 is 19.7 Å². The average Bonchev–Trinajstić information content (AvgIpc) is 2.42. The smallest absolute Gasteiger partial charge is 0.322 e. The van der Waals surface area contributed by atoms with E-state index in [0.717, 1.165) is 0 Å². The van der Waals surface area contributed by atoms with Crippen molar-refractivity contribution in [2.75, 3.05) is 18.5 Å². The fourth-order valence-corrected chi connectivity index (χ4v) is 2.55. The minimum atomic E-state index is -0.350. The molecule has 0 aromatic heterocycles. The van der Waals surface area contributed by atoms with Crippen molar-refractivity contribution in [1.82, 2.24) is 4.90 Å². The van der Waals surface area contributed by atoms with Gasteiger partial charge in [-0.15, -0.1) is 0 Å². The first kappa shape index (κ1) is 17.6. The first-order valence-corrected chi connectivity index (χ1v) is 8.10. The molecular weight excluding hydrogens is 292 g/mol. The number of urea groups is 1. The van der Waals surface area contributed by atoms with Crippen LogP contribution in [0.3, 0.4) is 0 Å². The lowest BCUT2D eigenvalue weighted by Gasteiger charge is -2.44. The summed E-state index contributed by atoms with van der Waals surface area (Å²) in [5.41, 5.74) is 0.00968. The van der Waals surface area contributed by atoms with E-state index >= 15 is 0 Å². The van der Waals surface area contributed by atoms with Crippen LogP contribution in [0.2, 0.25) is 0 Å². The Balaban J connectivity index is 2.14. The minimum Gasteiger partial charge on any atom is -0.486 e. The fraction of sp³-hybridized carbons (Fsp3) is 0.611. The topological polar surface area (TPSA) is 50.8 Å². The van der Waals surface area contributed by atoms with Crippen molar-refractivity contribution in [3.8, 4) is 5.75 Å². The van der Waals surface area contributed by atoms with Crippen LogP contribution in [-0.2, 0) is 4.74 Å². The Morgan fingerprint density at radius 2 is 2.00 bits per heavy atom. The van der Waals surface area contributed by atoms with Crippen LogP contribution in [0.25, 0.3) is 0 Å². The molecule has 1 aromatic carbocycles. The number of carbonyl (C=O) groups is 1. The molecule has 0 aliphatic carbocycles. The molecule has 0 bridgehead atoms. The number of nitrogens with zero attached hydrogens (tertiary/aromatic N) is 1. The molecule has 0 saturated carbocycles. The van der Waals surface area contributed by atoms with Crippen LogP contribution < -0.4 is 10.1 Å². The molecule has 5 heteroatoms. The molecule has 128 valence electrons. The third-order valence-electron chi connectivity index (χ3n) is 4.09. The summed E-state index contributed by atoms with van der Waals surface area (Å²) in [6, 6.07) is 7.38. The van der Waals surface area contributed by atoms with Crippen molar-refractivity contribution in [1.29, 1.82) is 0 Å². The second kappa shape index (κ2) is 6.40. The van der Waals surface area contributed by atoms with Crippen LogP contribution in [0.15, 0.2) is 24.3 Å². The largest absolute Gasteiger partial charge is 0.486 e. The minimum absolute atomic E-state index is 0.00746. The number of anilines is 1. The molecule has 1 unspecified atom stereocenters. The van der Waals surface area contributed by atoms with Crippen molar-refractivity contribution < 1.29 is 14.3 Å². The van der Waals surface area contributed by atoms with E-state index in [4.69, 9.17) is 9.47 Å². The van der Waals surface area contributed by atoms with Gasteiger partial charge in [-0.3, -0.25) is 0 Å². The number of para-hydroxylation sites is 2. The maximum Gasteiger partial charge on any atom is 0.322 e. The van der Waals surface area contributed by atoms with Crippen molar-refractivity contribution >= 4 is 11.7 Å². The molecular formula is C18H28N2O3. The molecule has 1 heterocycles. The Bertz CT molecular complexity index is 564. The highest BCUT2D eigenvalue weighted by atomic mass is 16.5.